The van der Waals surface area contributed by atoms with Crippen LogP contribution in [0.3, 0.4) is 0 Å². The lowest BCUT2D eigenvalue weighted by Gasteiger charge is -2.19. The zero-order valence-electron chi connectivity index (χ0n) is 16.2. The van der Waals surface area contributed by atoms with Gasteiger partial charge < -0.3 is 19.5 Å². The van der Waals surface area contributed by atoms with Gasteiger partial charge in [-0.2, -0.15) is 0 Å². The van der Waals surface area contributed by atoms with E-state index in [9.17, 15) is 9.59 Å². The standard InChI is InChI=1S/C21H25NO5/c1-13(2)26-18-10-16(11-19(20(18)25-5)27-14(3)4)21(24)22-17-8-6-15(12-23)7-9-17/h6-14H,1-5H3,(H,22,24). The summed E-state index contributed by atoms with van der Waals surface area (Å²) >= 11 is 0. The summed E-state index contributed by atoms with van der Waals surface area (Å²) in [4.78, 5) is 23.5. The van der Waals surface area contributed by atoms with Crippen LogP contribution >= 0.6 is 0 Å². The van der Waals surface area contributed by atoms with Crippen molar-refractivity contribution in [2.24, 2.45) is 0 Å². The summed E-state index contributed by atoms with van der Waals surface area (Å²) in [7, 11) is 1.53. The third-order valence-electron chi connectivity index (χ3n) is 3.52. The number of hydrogen-bond acceptors (Lipinski definition) is 5. The zero-order chi connectivity index (χ0) is 20.0. The van der Waals surface area contributed by atoms with Crippen molar-refractivity contribution in [2.45, 2.75) is 39.9 Å². The largest absolute Gasteiger partial charge is 0.490 e. The van der Waals surface area contributed by atoms with E-state index < -0.39 is 0 Å². The average Bonchev–Trinajstić information content (AvgIpc) is 2.61. The number of carbonyl (C=O) groups excluding carboxylic acids is 2. The van der Waals surface area contributed by atoms with Crippen LogP contribution in [0.25, 0.3) is 0 Å². The van der Waals surface area contributed by atoms with Crippen LogP contribution in [-0.2, 0) is 0 Å². The number of aldehydes is 1. The Morgan fingerprint density at radius 2 is 1.48 bits per heavy atom. The van der Waals surface area contributed by atoms with E-state index in [1.807, 2.05) is 27.7 Å². The predicted molar refractivity (Wildman–Crippen MR) is 104 cm³/mol. The van der Waals surface area contributed by atoms with Gasteiger partial charge in [-0.05, 0) is 64.1 Å². The van der Waals surface area contributed by atoms with Crippen LogP contribution in [0.15, 0.2) is 36.4 Å². The molecule has 27 heavy (non-hydrogen) atoms. The normalized spacial score (nSPS) is 10.6. The molecule has 6 nitrogen and oxygen atoms in total. The Labute approximate surface area is 159 Å². The second-order valence-corrected chi connectivity index (χ2v) is 6.53. The molecule has 144 valence electrons. The zero-order valence-corrected chi connectivity index (χ0v) is 16.2. The third-order valence-corrected chi connectivity index (χ3v) is 3.52. The molecule has 0 atom stereocenters. The number of benzene rings is 2. The summed E-state index contributed by atoms with van der Waals surface area (Å²) in [6.45, 7) is 7.57. The molecule has 0 aromatic heterocycles. The first-order valence-electron chi connectivity index (χ1n) is 8.76. The second kappa shape index (κ2) is 9.07. The second-order valence-electron chi connectivity index (χ2n) is 6.53. The van der Waals surface area contributed by atoms with Crippen molar-refractivity contribution in [2.75, 3.05) is 12.4 Å². The maximum atomic E-state index is 12.7. The fourth-order valence-corrected chi connectivity index (χ4v) is 2.44. The molecule has 0 aliphatic carbocycles. The van der Waals surface area contributed by atoms with Crippen molar-refractivity contribution in [3.05, 3.63) is 47.5 Å². The number of methoxy groups -OCH3 is 1. The molecule has 6 heteroatoms. The Morgan fingerprint density at radius 1 is 0.963 bits per heavy atom. The van der Waals surface area contributed by atoms with E-state index in [4.69, 9.17) is 14.2 Å². The summed E-state index contributed by atoms with van der Waals surface area (Å²) in [5, 5.41) is 2.80. The van der Waals surface area contributed by atoms with E-state index >= 15 is 0 Å². The molecule has 1 N–H and O–H groups in total. The van der Waals surface area contributed by atoms with Gasteiger partial charge in [-0.1, -0.05) is 0 Å². The maximum absolute atomic E-state index is 12.7. The van der Waals surface area contributed by atoms with Crippen LogP contribution in [0.5, 0.6) is 17.2 Å². The van der Waals surface area contributed by atoms with E-state index in [2.05, 4.69) is 5.32 Å². The highest BCUT2D eigenvalue weighted by Gasteiger charge is 2.19. The van der Waals surface area contributed by atoms with Gasteiger partial charge in [-0.15, -0.1) is 0 Å². The number of rotatable bonds is 8. The highest BCUT2D eigenvalue weighted by Crippen LogP contribution is 2.40. The van der Waals surface area contributed by atoms with E-state index in [1.54, 1.807) is 36.4 Å². The van der Waals surface area contributed by atoms with Crippen molar-refractivity contribution in [1.82, 2.24) is 0 Å². The van der Waals surface area contributed by atoms with E-state index in [1.165, 1.54) is 7.11 Å². The molecule has 1 amide bonds. The van der Waals surface area contributed by atoms with Crippen LogP contribution < -0.4 is 19.5 Å². The van der Waals surface area contributed by atoms with Crippen LogP contribution in [0.4, 0.5) is 5.69 Å². The molecule has 0 aliphatic heterocycles. The van der Waals surface area contributed by atoms with Gasteiger partial charge in [0.05, 0.1) is 19.3 Å². The number of anilines is 1. The molecule has 0 radical (unpaired) electrons. The minimum absolute atomic E-state index is 0.0972. The Bertz CT molecular complexity index is 766. The van der Waals surface area contributed by atoms with E-state index in [0.717, 1.165) is 6.29 Å². The van der Waals surface area contributed by atoms with Gasteiger partial charge in [0.1, 0.15) is 6.29 Å². The average molecular weight is 371 g/mol. The van der Waals surface area contributed by atoms with Crippen molar-refractivity contribution < 1.29 is 23.8 Å². The molecule has 2 aromatic carbocycles. The Morgan fingerprint density at radius 3 is 1.89 bits per heavy atom. The van der Waals surface area contributed by atoms with Crippen LogP contribution in [-0.4, -0.2) is 31.5 Å². The van der Waals surface area contributed by atoms with Crippen LogP contribution in [0.2, 0.25) is 0 Å². The molecular weight excluding hydrogens is 346 g/mol. The fraction of sp³-hybridized carbons (Fsp3) is 0.333. The van der Waals surface area contributed by atoms with Crippen molar-refractivity contribution in [1.29, 1.82) is 0 Å². The SMILES string of the molecule is COc1c(OC(C)C)cc(C(=O)Nc2ccc(C=O)cc2)cc1OC(C)C. The quantitative estimate of drug-likeness (QED) is 0.699. The number of amides is 1. The molecule has 0 bridgehead atoms. The molecule has 2 aromatic rings. The molecular formula is C21H25NO5. The smallest absolute Gasteiger partial charge is 0.255 e. The minimum atomic E-state index is -0.321. The first kappa shape index (κ1) is 20.3. The van der Waals surface area contributed by atoms with Crippen molar-refractivity contribution in [3.63, 3.8) is 0 Å². The topological polar surface area (TPSA) is 73.9 Å². The van der Waals surface area contributed by atoms with Gasteiger partial charge in [0.2, 0.25) is 5.75 Å². The monoisotopic (exact) mass is 371 g/mol. The molecule has 2 rings (SSSR count). The summed E-state index contributed by atoms with van der Waals surface area (Å²) < 4.78 is 17.1. The lowest BCUT2D eigenvalue weighted by atomic mass is 10.1. The predicted octanol–water partition coefficient (Wildman–Crippen LogP) is 4.33. The third kappa shape index (κ3) is 5.48. The summed E-state index contributed by atoms with van der Waals surface area (Å²) in [6, 6.07) is 9.86. The highest BCUT2D eigenvalue weighted by atomic mass is 16.5. The molecule has 0 spiro atoms. The summed E-state index contributed by atoms with van der Waals surface area (Å²) in [5.74, 6) is 1.00. The van der Waals surface area contributed by atoms with Gasteiger partial charge in [0.15, 0.2) is 11.5 Å². The van der Waals surface area contributed by atoms with E-state index in [0.29, 0.717) is 34.1 Å². The van der Waals surface area contributed by atoms with Gasteiger partial charge in [-0.3, -0.25) is 9.59 Å². The maximum Gasteiger partial charge on any atom is 0.255 e. The molecule has 0 saturated carbocycles. The fourth-order valence-electron chi connectivity index (χ4n) is 2.44. The molecule has 0 saturated heterocycles. The van der Waals surface area contributed by atoms with Gasteiger partial charge in [0.25, 0.3) is 5.91 Å². The van der Waals surface area contributed by atoms with Gasteiger partial charge >= 0.3 is 0 Å². The Balaban J connectivity index is 2.37. The Kier molecular flexibility index (Phi) is 6.82. The lowest BCUT2D eigenvalue weighted by Crippen LogP contribution is -2.15. The van der Waals surface area contributed by atoms with Crippen molar-refractivity contribution in [3.8, 4) is 17.2 Å². The number of hydrogen-bond donors (Lipinski definition) is 1. The number of carbonyl (C=O) groups is 2. The summed E-state index contributed by atoms with van der Waals surface area (Å²) in [5.41, 5.74) is 1.50. The van der Waals surface area contributed by atoms with E-state index in [-0.39, 0.29) is 18.1 Å². The number of ether oxygens (including phenoxy) is 3. The highest BCUT2D eigenvalue weighted by molar-refractivity contribution is 6.05. The number of nitrogens with one attached hydrogen (secondary N) is 1. The molecule has 0 heterocycles. The Hall–Kier alpha value is -3.02. The molecule has 0 aliphatic rings. The van der Waals surface area contributed by atoms with Crippen LogP contribution in [0.1, 0.15) is 48.4 Å². The van der Waals surface area contributed by atoms with Gasteiger partial charge in [-0.25, -0.2) is 0 Å². The summed E-state index contributed by atoms with van der Waals surface area (Å²) in [6.07, 6.45) is 0.556. The molecule has 0 fully saturated rings. The molecule has 0 unspecified atom stereocenters. The minimum Gasteiger partial charge on any atom is -0.490 e. The van der Waals surface area contributed by atoms with Crippen LogP contribution in [0, 0.1) is 0 Å². The van der Waals surface area contributed by atoms with Gasteiger partial charge in [0, 0.05) is 16.8 Å². The first-order chi connectivity index (χ1) is 12.8. The van der Waals surface area contributed by atoms with Crippen molar-refractivity contribution >= 4 is 17.9 Å². The lowest BCUT2D eigenvalue weighted by molar-refractivity contribution is 0.102. The first-order valence-corrected chi connectivity index (χ1v) is 8.76.